The highest BCUT2D eigenvalue weighted by atomic mass is 16.5. The van der Waals surface area contributed by atoms with E-state index in [1.165, 1.54) is 0 Å². The number of carbonyl (C=O) groups excluding carboxylic acids is 1. The quantitative estimate of drug-likeness (QED) is 0.739. The molecule has 0 spiro atoms. The number of carbonyl (C=O) groups is 1. The summed E-state index contributed by atoms with van der Waals surface area (Å²) >= 11 is 0. The van der Waals surface area contributed by atoms with Gasteiger partial charge in [-0.25, -0.2) is 4.98 Å². The van der Waals surface area contributed by atoms with Gasteiger partial charge in [0, 0.05) is 30.9 Å². The number of Topliss-reactive ketones (excluding diaryl/α,β-unsaturated/α-hetero) is 1. The first-order valence-electron chi connectivity index (χ1n) is 5.42. The van der Waals surface area contributed by atoms with E-state index in [1.807, 2.05) is 22.9 Å². The summed E-state index contributed by atoms with van der Waals surface area (Å²) in [7, 11) is 1.59. The molecule has 0 saturated heterocycles. The van der Waals surface area contributed by atoms with Gasteiger partial charge in [-0.05, 0) is 12.1 Å². The molecule has 0 saturated carbocycles. The molecule has 0 aliphatic carbocycles. The van der Waals surface area contributed by atoms with E-state index in [1.54, 1.807) is 31.8 Å². The summed E-state index contributed by atoms with van der Waals surface area (Å²) in [5, 5.41) is 0. The first kappa shape index (κ1) is 11.4. The van der Waals surface area contributed by atoms with Crippen LogP contribution in [0.2, 0.25) is 0 Å². The number of hydrogen-bond acceptors (Lipinski definition) is 3. The number of aryl methyl sites for hydroxylation is 1. The van der Waals surface area contributed by atoms with Crippen LogP contribution in [-0.4, -0.2) is 22.4 Å². The van der Waals surface area contributed by atoms with Gasteiger partial charge in [-0.2, -0.15) is 0 Å². The Morgan fingerprint density at radius 3 is 3.06 bits per heavy atom. The molecule has 17 heavy (non-hydrogen) atoms. The van der Waals surface area contributed by atoms with Crippen molar-refractivity contribution in [1.82, 2.24) is 9.55 Å². The standard InChI is InChI=1S/C13H14N2O2/c1-17-12-4-2-3-11(9-12)13(16)5-7-15-8-6-14-10-15/h2-4,6,8-10H,5,7H2,1H3. The second-order valence-corrected chi connectivity index (χ2v) is 3.71. The summed E-state index contributed by atoms with van der Waals surface area (Å²) in [6.07, 6.45) is 5.72. The summed E-state index contributed by atoms with van der Waals surface area (Å²) < 4.78 is 6.97. The number of hydrogen-bond donors (Lipinski definition) is 0. The first-order valence-corrected chi connectivity index (χ1v) is 5.42. The molecule has 2 rings (SSSR count). The fourth-order valence-corrected chi connectivity index (χ4v) is 1.59. The fraction of sp³-hybridized carbons (Fsp3) is 0.231. The monoisotopic (exact) mass is 230 g/mol. The van der Waals surface area contributed by atoms with E-state index < -0.39 is 0 Å². The van der Waals surface area contributed by atoms with Gasteiger partial charge in [-0.15, -0.1) is 0 Å². The average molecular weight is 230 g/mol. The molecule has 4 heteroatoms. The molecule has 4 nitrogen and oxygen atoms in total. The average Bonchev–Trinajstić information content (AvgIpc) is 2.89. The summed E-state index contributed by atoms with van der Waals surface area (Å²) in [5.74, 6) is 0.816. The van der Waals surface area contributed by atoms with Crippen molar-refractivity contribution in [3.63, 3.8) is 0 Å². The fourth-order valence-electron chi connectivity index (χ4n) is 1.59. The molecular weight excluding hydrogens is 216 g/mol. The highest BCUT2D eigenvalue weighted by molar-refractivity contribution is 5.96. The molecule has 0 atom stereocenters. The molecular formula is C13H14N2O2. The van der Waals surface area contributed by atoms with Crippen molar-refractivity contribution in [2.45, 2.75) is 13.0 Å². The van der Waals surface area contributed by atoms with E-state index in [-0.39, 0.29) is 5.78 Å². The Labute approximate surface area is 99.9 Å². The summed E-state index contributed by atoms with van der Waals surface area (Å²) in [6.45, 7) is 0.649. The van der Waals surface area contributed by atoms with Gasteiger partial charge in [-0.1, -0.05) is 12.1 Å². The minimum absolute atomic E-state index is 0.109. The normalized spacial score (nSPS) is 10.2. The van der Waals surface area contributed by atoms with Crippen molar-refractivity contribution in [3.8, 4) is 5.75 Å². The smallest absolute Gasteiger partial charge is 0.164 e. The SMILES string of the molecule is COc1cccc(C(=O)CCn2ccnc2)c1. The molecule has 0 N–H and O–H groups in total. The van der Waals surface area contributed by atoms with Crippen molar-refractivity contribution >= 4 is 5.78 Å². The van der Waals surface area contributed by atoms with Gasteiger partial charge < -0.3 is 9.30 Å². The minimum Gasteiger partial charge on any atom is -0.497 e. The van der Waals surface area contributed by atoms with Crippen LogP contribution in [0.15, 0.2) is 43.0 Å². The number of ether oxygens (including phenoxy) is 1. The molecule has 88 valence electrons. The number of imidazole rings is 1. The molecule has 1 aromatic heterocycles. The third kappa shape index (κ3) is 2.93. The summed E-state index contributed by atoms with van der Waals surface area (Å²) in [6, 6.07) is 7.21. The summed E-state index contributed by atoms with van der Waals surface area (Å²) in [5.41, 5.74) is 0.685. The van der Waals surface area contributed by atoms with Gasteiger partial charge in [-0.3, -0.25) is 4.79 Å². The second-order valence-electron chi connectivity index (χ2n) is 3.71. The maximum Gasteiger partial charge on any atom is 0.164 e. The van der Waals surface area contributed by atoms with Crippen molar-refractivity contribution in [2.75, 3.05) is 7.11 Å². The number of rotatable bonds is 5. The lowest BCUT2D eigenvalue weighted by atomic mass is 10.1. The van der Waals surface area contributed by atoms with Crippen molar-refractivity contribution in [2.24, 2.45) is 0 Å². The van der Waals surface area contributed by atoms with Gasteiger partial charge in [0.05, 0.1) is 13.4 Å². The number of benzene rings is 1. The maximum absolute atomic E-state index is 11.9. The van der Waals surface area contributed by atoms with Gasteiger partial charge in [0.2, 0.25) is 0 Å². The van der Waals surface area contributed by atoms with E-state index in [4.69, 9.17) is 4.74 Å². The number of aromatic nitrogens is 2. The Morgan fingerprint density at radius 1 is 1.47 bits per heavy atom. The molecule has 0 aliphatic heterocycles. The van der Waals surface area contributed by atoms with Crippen LogP contribution in [0.25, 0.3) is 0 Å². The molecule has 0 bridgehead atoms. The van der Waals surface area contributed by atoms with E-state index in [0.717, 1.165) is 0 Å². The van der Waals surface area contributed by atoms with E-state index in [9.17, 15) is 4.79 Å². The largest absolute Gasteiger partial charge is 0.497 e. The number of ketones is 1. The summed E-state index contributed by atoms with van der Waals surface area (Å²) in [4.78, 5) is 15.9. The highest BCUT2D eigenvalue weighted by Gasteiger charge is 2.06. The Kier molecular flexibility index (Phi) is 3.55. The Bertz CT molecular complexity index is 492. The molecule has 1 aromatic carbocycles. The van der Waals surface area contributed by atoms with Gasteiger partial charge >= 0.3 is 0 Å². The zero-order valence-electron chi connectivity index (χ0n) is 9.67. The Balaban J connectivity index is 1.99. The number of methoxy groups -OCH3 is 1. The Morgan fingerprint density at radius 2 is 2.35 bits per heavy atom. The molecule has 2 aromatic rings. The van der Waals surface area contributed by atoms with Crippen LogP contribution in [0.1, 0.15) is 16.8 Å². The second kappa shape index (κ2) is 5.30. The van der Waals surface area contributed by atoms with Gasteiger partial charge in [0.15, 0.2) is 5.78 Å². The van der Waals surface area contributed by atoms with Crippen LogP contribution < -0.4 is 4.74 Å². The molecule has 0 aliphatic rings. The zero-order valence-corrected chi connectivity index (χ0v) is 9.67. The van der Waals surface area contributed by atoms with Crippen molar-refractivity contribution in [3.05, 3.63) is 48.5 Å². The predicted molar refractivity (Wildman–Crippen MR) is 64.2 cm³/mol. The topological polar surface area (TPSA) is 44.1 Å². The zero-order chi connectivity index (χ0) is 12.1. The lowest BCUT2D eigenvalue weighted by molar-refractivity contribution is 0.0976. The maximum atomic E-state index is 11.9. The molecule has 1 heterocycles. The van der Waals surface area contributed by atoms with Crippen LogP contribution >= 0.6 is 0 Å². The third-order valence-electron chi connectivity index (χ3n) is 2.55. The van der Waals surface area contributed by atoms with Crippen molar-refractivity contribution in [1.29, 1.82) is 0 Å². The van der Waals surface area contributed by atoms with Gasteiger partial charge in [0.1, 0.15) is 5.75 Å². The molecule has 0 amide bonds. The van der Waals surface area contributed by atoms with Gasteiger partial charge in [0.25, 0.3) is 0 Å². The van der Waals surface area contributed by atoms with Crippen LogP contribution in [0.3, 0.4) is 0 Å². The minimum atomic E-state index is 0.109. The van der Waals surface area contributed by atoms with E-state index >= 15 is 0 Å². The van der Waals surface area contributed by atoms with E-state index in [0.29, 0.717) is 24.3 Å². The Hall–Kier alpha value is -2.10. The number of nitrogens with zero attached hydrogens (tertiary/aromatic N) is 2. The van der Waals surface area contributed by atoms with Crippen LogP contribution in [0, 0.1) is 0 Å². The lowest BCUT2D eigenvalue weighted by Crippen LogP contribution is -2.04. The highest BCUT2D eigenvalue weighted by Crippen LogP contribution is 2.14. The van der Waals surface area contributed by atoms with Crippen LogP contribution in [0.4, 0.5) is 0 Å². The van der Waals surface area contributed by atoms with Crippen LogP contribution in [-0.2, 0) is 6.54 Å². The third-order valence-corrected chi connectivity index (χ3v) is 2.55. The van der Waals surface area contributed by atoms with E-state index in [2.05, 4.69) is 4.98 Å². The predicted octanol–water partition coefficient (Wildman–Crippen LogP) is 2.16. The first-order chi connectivity index (χ1) is 8.29. The lowest BCUT2D eigenvalue weighted by Gasteiger charge is -2.04. The van der Waals surface area contributed by atoms with Crippen LogP contribution in [0.5, 0.6) is 5.75 Å². The van der Waals surface area contributed by atoms with Crippen molar-refractivity contribution < 1.29 is 9.53 Å². The molecule has 0 unspecified atom stereocenters. The molecule has 0 fully saturated rings. The molecule has 0 radical (unpaired) electrons.